The fourth-order valence-corrected chi connectivity index (χ4v) is 0.189. The molecule has 0 saturated carbocycles. The lowest BCUT2D eigenvalue weighted by Gasteiger charge is -1.74. The van der Waals surface area contributed by atoms with Gasteiger partial charge in [0.2, 0.25) is 0 Å². The molecule has 0 fully saturated rings. The summed E-state index contributed by atoms with van der Waals surface area (Å²) in [5, 5.41) is 7.92. The van der Waals surface area contributed by atoms with Crippen LogP contribution in [0.15, 0.2) is 12.2 Å². The lowest BCUT2D eigenvalue weighted by molar-refractivity contribution is -0.131. The molecule has 0 heterocycles. The van der Waals surface area contributed by atoms with E-state index in [-0.39, 0.29) is 5.78 Å². The lowest BCUT2D eigenvalue weighted by atomic mass is 10.4. The van der Waals surface area contributed by atoms with Crippen molar-refractivity contribution >= 4 is 11.8 Å². The van der Waals surface area contributed by atoms with E-state index in [0.717, 1.165) is 12.2 Å². The molecule has 10 heavy (non-hydrogen) atoms. The Balaban J connectivity index is 0. The minimum Gasteiger partial charge on any atom is -0.478 e. The van der Waals surface area contributed by atoms with Crippen LogP contribution >= 0.6 is 0 Å². The molecule has 0 aromatic heterocycles. The van der Waals surface area contributed by atoms with Crippen molar-refractivity contribution in [1.82, 2.24) is 0 Å². The molecule has 58 valence electrons. The Hall–Kier alpha value is -1.12. The van der Waals surface area contributed by atoms with Gasteiger partial charge < -0.3 is 5.11 Å². The summed E-state index contributed by atoms with van der Waals surface area (Å²) in [6.45, 7) is 5.29. The molecular weight excluding hydrogens is 132 g/mol. The predicted octanol–water partition coefficient (Wildman–Crippen LogP) is 1.24. The number of rotatable bonds is 2. The van der Waals surface area contributed by atoms with Crippen LogP contribution in [0.1, 0.15) is 20.8 Å². The highest BCUT2D eigenvalue weighted by Crippen LogP contribution is 1.73. The summed E-state index contributed by atoms with van der Waals surface area (Å²) in [5.74, 6) is -1.35. The van der Waals surface area contributed by atoms with Crippen LogP contribution < -0.4 is 0 Å². The van der Waals surface area contributed by atoms with E-state index < -0.39 is 5.97 Å². The van der Waals surface area contributed by atoms with Crippen molar-refractivity contribution in [3.63, 3.8) is 0 Å². The average Bonchev–Trinajstić information content (AvgIpc) is 1.89. The zero-order chi connectivity index (χ0) is 8.57. The van der Waals surface area contributed by atoms with Gasteiger partial charge >= 0.3 is 5.97 Å². The number of carboxylic acid groups (broad SMARTS) is 1. The van der Waals surface area contributed by atoms with Crippen molar-refractivity contribution in [1.29, 1.82) is 0 Å². The Morgan fingerprint density at radius 2 is 1.60 bits per heavy atom. The third-order valence-corrected chi connectivity index (χ3v) is 0.461. The molecule has 0 saturated heterocycles. The van der Waals surface area contributed by atoms with Crippen LogP contribution in [0.4, 0.5) is 0 Å². The second kappa shape index (κ2) is 7.88. The van der Waals surface area contributed by atoms with Crippen molar-refractivity contribution in [2.45, 2.75) is 20.8 Å². The van der Waals surface area contributed by atoms with Gasteiger partial charge in [-0.15, -0.1) is 0 Å². The molecule has 0 aromatic rings. The average molecular weight is 144 g/mol. The molecule has 1 N–H and O–H groups in total. The van der Waals surface area contributed by atoms with Gasteiger partial charge in [0.25, 0.3) is 0 Å². The largest absolute Gasteiger partial charge is 0.478 e. The van der Waals surface area contributed by atoms with Gasteiger partial charge in [-0.25, -0.2) is 4.79 Å². The fourth-order valence-electron chi connectivity index (χ4n) is 0.189. The Morgan fingerprint density at radius 1 is 1.20 bits per heavy atom. The van der Waals surface area contributed by atoms with Crippen LogP contribution in [0, 0.1) is 0 Å². The number of carbonyl (C=O) groups excluding carboxylic acids is 1. The Bertz CT molecular complexity index is 120. The topological polar surface area (TPSA) is 54.4 Å². The molecular formula is C7H12O3. The summed E-state index contributed by atoms with van der Waals surface area (Å²) >= 11 is 0. The quantitative estimate of drug-likeness (QED) is 0.593. The second-order valence-corrected chi connectivity index (χ2v) is 1.28. The van der Waals surface area contributed by atoms with Crippen LogP contribution in [-0.2, 0) is 9.59 Å². The molecule has 0 radical (unpaired) electrons. The first-order chi connectivity index (χ1) is 4.63. The number of carboxylic acids is 1. The molecule has 0 aliphatic rings. The Morgan fingerprint density at radius 3 is 1.70 bits per heavy atom. The SMILES string of the molecule is CC.CC(=O)/C=C\C(=O)O. The first kappa shape index (κ1) is 11.6. The normalized spacial score (nSPS) is 8.30. The van der Waals surface area contributed by atoms with Crippen molar-refractivity contribution in [2.24, 2.45) is 0 Å². The summed E-state index contributed by atoms with van der Waals surface area (Å²) < 4.78 is 0. The van der Waals surface area contributed by atoms with Gasteiger partial charge in [0.05, 0.1) is 0 Å². The minimum atomic E-state index is -1.10. The predicted molar refractivity (Wildman–Crippen MR) is 38.8 cm³/mol. The number of hydrogen-bond acceptors (Lipinski definition) is 2. The maximum atomic E-state index is 10.00. The van der Waals surface area contributed by atoms with Crippen molar-refractivity contribution in [3.05, 3.63) is 12.2 Å². The van der Waals surface area contributed by atoms with Crippen LogP contribution in [-0.4, -0.2) is 16.9 Å². The van der Waals surface area contributed by atoms with Gasteiger partial charge in [0, 0.05) is 6.08 Å². The highest BCUT2D eigenvalue weighted by molar-refractivity contribution is 5.93. The van der Waals surface area contributed by atoms with E-state index >= 15 is 0 Å². The first-order valence-electron chi connectivity index (χ1n) is 3.04. The maximum absolute atomic E-state index is 10.00. The molecule has 0 unspecified atom stereocenters. The lowest BCUT2D eigenvalue weighted by Crippen LogP contribution is -1.89. The Labute approximate surface area is 60.4 Å². The molecule has 3 heteroatoms. The van der Waals surface area contributed by atoms with Crippen molar-refractivity contribution < 1.29 is 14.7 Å². The Kier molecular flexibility index (Phi) is 9.18. The van der Waals surface area contributed by atoms with Crippen LogP contribution in [0.5, 0.6) is 0 Å². The fraction of sp³-hybridized carbons (Fsp3) is 0.429. The molecule has 0 amide bonds. The smallest absolute Gasteiger partial charge is 0.328 e. The zero-order valence-electron chi connectivity index (χ0n) is 6.42. The number of ketones is 1. The molecule has 3 nitrogen and oxygen atoms in total. The minimum absolute atomic E-state index is 0.257. The van der Waals surface area contributed by atoms with Gasteiger partial charge in [-0.2, -0.15) is 0 Å². The third kappa shape index (κ3) is 15.8. The van der Waals surface area contributed by atoms with Gasteiger partial charge in [-0.05, 0) is 13.0 Å². The maximum Gasteiger partial charge on any atom is 0.328 e. The van der Waals surface area contributed by atoms with Crippen LogP contribution in [0.25, 0.3) is 0 Å². The summed E-state index contributed by atoms with van der Waals surface area (Å²) in [7, 11) is 0. The number of carbonyl (C=O) groups is 2. The van der Waals surface area contributed by atoms with E-state index in [4.69, 9.17) is 5.11 Å². The van der Waals surface area contributed by atoms with E-state index in [1.165, 1.54) is 6.92 Å². The van der Waals surface area contributed by atoms with Crippen molar-refractivity contribution in [2.75, 3.05) is 0 Å². The van der Waals surface area contributed by atoms with E-state index in [9.17, 15) is 9.59 Å². The third-order valence-electron chi connectivity index (χ3n) is 0.461. The summed E-state index contributed by atoms with van der Waals surface area (Å²) in [6.07, 6.45) is 1.81. The van der Waals surface area contributed by atoms with Gasteiger partial charge in [0.1, 0.15) is 0 Å². The van der Waals surface area contributed by atoms with E-state index in [2.05, 4.69) is 0 Å². The monoisotopic (exact) mass is 144 g/mol. The highest BCUT2D eigenvalue weighted by Gasteiger charge is 1.85. The molecule has 0 rings (SSSR count). The molecule has 0 aliphatic heterocycles. The number of aliphatic carboxylic acids is 1. The standard InChI is InChI=1S/C5H6O3.C2H6/c1-4(6)2-3-5(7)8;1-2/h2-3H,1H3,(H,7,8);1-2H3/b3-2-;. The molecule has 0 atom stereocenters. The number of hydrogen-bond donors (Lipinski definition) is 1. The summed E-state index contributed by atoms with van der Waals surface area (Å²) in [4.78, 5) is 19.7. The second-order valence-electron chi connectivity index (χ2n) is 1.28. The highest BCUT2D eigenvalue weighted by atomic mass is 16.4. The number of allylic oxidation sites excluding steroid dienone is 1. The van der Waals surface area contributed by atoms with E-state index in [1.54, 1.807) is 0 Å². The molecule has 0 aliphatic carbocycles. The van der Waals surface area contributed by atoms with Gasteiger partial charge in [-0.3, -0.25) is 4.79 Å². The molecule has 0 bridgehead atoms. The first-order valence-corrected chi connectivity index (χ1v) is 3.04. The van der Waals surface area contributed by atoms with Crippen molar-refractivity contribution in [3.8, 4) is 0 Å². The van der Waals surface area contributed by atoms with Gasteiger partial charge in [0.15, 0.2) is 5.78 Å². The van der Waals surface area contributed by atoms with Crippen LogP contribution in [0.2, 0.25) is 0 Å². The molecule has 0 aromatic carbocycles. The summed E-state index contributed by atoms with van der Waals surface area (Å²) in [5.41, 5.74) is 0. The van der Waals surface area contributed by atoms with E-state index in [0.29, 0.717) is 0 Å². The van der Waals surface area contributed by atoms with Gasteiger partial charge in [-0.1, -0.05) is 13.8 Å². The summed E-state index contributed by atoms with van der Waals surface area (Å²) in [6, 6.07) is 0. The van der Waals surface area contributed by atoms with E-state index in [1.807, 2.05) is 13.8 Å². The zero-order valence-corrected chi connectivity index (χ0v) is 6.42. The molecule has 0 spiro atoms. The van der Waals surface area contributed by atoms with Crippen LogP contribution in [0.3, 0.4) is 0 Å².